The summed E-state index contributed by atoms with van der Waals surface area (Å²) in [6, 6.07) is 3.56. The summed E-state index contributed by atoms with van der Waals surface area (Å²) in [6.45, 7) is 0. The molecule has 9 heteroatoms. The Labute approximate surface area is 171 Å². The Morgan fingerprint density at radius 2 is 2.00 bits per heavy atom. The molecular formula is C20H21N5O3S. The number of carbonyl (C=O) groups is 2. The lowest BCUT2D eigenvalue weighted by atomic mass is 10.2. The number of nitrogens with zero attached hydrogens (tertiary/aromatic N) is 3. The highest BCUT2D eigenvalue weighted by Crippen LogP contribution is 2.30. The Morgan fingerprint density at radius 1 is 1.14 bits per heavy atom. The van der Waals surface area contributed by atoms with E-state index in [0.29, 0.717) is 16.5 Å². The van der Waals surface area contributed by atoms with Crippen molar-refractivity contribution in [2.24, 2.45) is 5.92 Å². The van der Waals surface area contributed by atoms with Gasteiger partial charge in [-0.15, -0.1) is 11.3 Å². The summed E-state index contributed by atoms with van der Waals surface area (Å²) >= 11 is 1.28. The standard InChI is InChI=1S/C20H21N5O3S/c26-15-3-1-2-13(15)21-19(28)20-22-14(10-29-20)12-6-7-17-23-16(9-25(17)8-12)24-18(27)11-4-5-11/h6-11,13,15,26H,1-5H2,(H,21,28)(H,24,27). The molecule has 3 heterocycles. The van der Waals surface area contributed by atoms with Gasteiger partial charge < -0.3 is 20.1 Å². The molecule has 5 rings (SSSR count). The van der Waals surface area contributed by atoms with E-state index in [2.05, 4.69) is 20.6 Å². The number of hydrogen-bond acceptors (Lipinski definition) is 6. The number of carbonyl (C=O) groups excluding carboxylic acids is 2. The molecule has 3 aromatic rings. The highest BCUT2D eigenvalue weighted by Gasteiger charge is 2.30. The molecule has 150 valence electrons. The second-order valence-corrected chi connectivity index (χ2v) is 8.55. The highest BCUT2D eigenvalue weighted by molar-refractivity contribution is 7.12. The van der Waals surface area contributed by atoms with Gasteiger partial charge in [-0.05, 0) is 44.2 Å². The smallest absolute Gasteiger partial charge is 0.280 e. The molecule has 2 fully saturated rings. The van der Waals surface area contributed by atoms with Gasteiger partial charge in [-0.1, -0.05) is 0 Å². The van der Waals surface area contributed by atoms with E-state index in [-0.39, 0.29) is 23.8 Å². The third-order valence-corrected chi connectivity index (χ3v) is 6.28. The van der Waals surface area contributed by atoms with Gasteiger partial charge in [0.05, 0.1) is 24.0 Å². The van der Waals surface area contributed by atoms with E-state index in [9.17, 15) is 14.7 Å². The second-order valence-electron chi connectivity index (χ2n) is 7.69. The summed E-state index contributed by atoms with van der Waals surface area (Å²) < 4.78 is 1.84. The van der Waals surface area contributed by atoms with Crippen LogP contribution < -0.4 is 10.6 Å². The number of amides is 2. The molecule has 29 heavy (non-hydrogen) atoms. The zero-order valence-corrected chi connectivity index (χ0v) is 16.5. The van der Waals surface area contributed by atoms with Gasteiger partial charge in [0.25, 0.3) is 5.91 Å². The molecule has 2 unspecified atom stereocenters. The topological polar surface area (TPSA) is 109 Å². The van der Waals surface area contributed by atoms with Crippen molar-refractivity contribution < 1.29 is 14.7 Å². The van der Waals surface area contributed by atoms with Gasteiger partial charge in [0.15, 0.2) is 10.8 Å². The predicted octanol–water partition coefficient (Wildman–Crippen LogP) is 2.45. The number of pyridine rings is 1. The van der Waals surface area contributed by atoms with Crippen molar-refractivity contribution >= 4 is 34.6 Å². The van der Waals surface area contributed by atoms with E-state index in [1.54, 1.807) is 6.20 Å². The average molecular weight is 411 g/mol. The molecule has 3 N–H and O–H groups in total. The van der Waals surface area contributed by atoms with Gasteiger partial charge in [-0.25, -0.2) is 9.97 Å². The molecule has 3 aromatic heterocycles. The number of hydrogen-bond donors (Lipinski definition) is 3. The lowest BCUT2D eigenvalue weighted by Gasteiger charge is -2.15. The van der Waals surface area contributed by atoms with Crippen LogP contribution in [0.5, 0.6) is 0 Å². The lowest BCUT2D eigenvalue weighted by Crippen LogP contribution is -2.39. The van der Waals surface area contributed by atoms with E-state index in [1.807, 2.05) is 28.1 Å². The van der Waals surface area contributed by atoms with Crippen LogP contribution in [0.2, 0.25) is 0 Å². The second kappa shape index (κ2) is 7.23. The number of nitrogens with one attached hydrogen (secondary N) is 2. The highest BCUT2D eigenvalue weighted by atomic mass is 32.1. The van der Waals surface area contributed by atoms with Crippen molar-refractivity contribution in [3.63, 3.8) is 0 Å². The van der Waals surface area contributed by atoms with Crippen LogP contribution in [0.25, 0.3) is 16.9 Å². The third-order valence-electron chi connectivity index (χ3n) is 5.44. The van der Waals surface area contributed by atoms with Crippen LogP contribution in [0.3, 0.4) is 0 Å². The summed E-state index contributed by atoms with van der Waals surface area (Å²) in [5.41, 5.74) is 2.28. The number of rotatable bonds is 5. The Kier molecular flexibility index (Phi) is 4.56. The van der Waals surface area contributed by atoms with Crippen LogP contribution in [0.4, 0.5) is 5.82 Å². The molecule has 0 aliphatic heterocycles. The first-order valence-corrected chi connectivity index (χ1v) is 10.7. The number of anilines is 1. The Morgan fingerprint density at radius 3 is 2.76 bits per heavy atom. The summed E-state index contributed by atoms with van der Waals surface area (Å²) in [4.78, 5) is 33.3. The molecule has 2 saturated carbocycles. The molecule has 2 aliphatic carbocycles. The largest absolute Gasteiger partial charge is 0.391 e. The van der Waals surface area contributed by atoms with Crippen molar-refractivity contribution in [3.8, 4) is 11.3 Å². The molecule has 0 bridgehead atoms. The zero-order chi connectivity index (χ0) is 20.0. The molecule has 0 radical (unpaired) electrons. The molecule has 2 aliphatic rings. The van der Waals surface area contributed by atoms with Crippen LogP contribution in [0.15, 0.2) is 29.9 Å². The van der Waals surface area contributed by atoms with E-state index >= 15 is 0 Å². The minimum Gasteiger partial charge on any atom is -0.391 e. The van der Waals surface area contributed by atoms with E-state index in [0.717, 1.165) is 43.3 Å². The fourth-order valence-corrected chi connectivity index (χ4v) is 4.36. The van der Waals surface area contributed by atoms with Crippen molar-refractivity contribution in [1.29, 1.82) is 0 Å². The number of imidazole rings is 1. The first-order valence-electron chi connectivity index (χ1n) is 9.81. The first-order chi connectivity index (χ1) is 14.1. The Balaban J connectivity index is 1.32. The summed E-state index contributed by atoms with van der Waals surface area (Å²) in [6.07, 6.45) is 7.52. The van der Waals surface area contributed by atoms with Gasteiger partial charge in [0.2, 0.25) is 5.91 Å². The molecule has 0 saturated heterocycles. The van der Waals surface area contributed by atoms with Gasteiger partial charge in [0, 0.05) is 23.1 Å². The fraction of sp³-hybridized carbons (Fsp3) is 0.400. The number of aliphatic hydroxyl groups is 1. The van der Waals surface area contributed by atoms with Crippen LogP contribution in [-0.2, 0) is 4.79 Å². The minimum atomic E-state index is -0.475. The van der Waals surface area contributed by atoms with Crippen molar-refractivity contribution in [1.82, 2.24) is 19.7 Å². The first kappa shape index (κ1) is 18.3. The normalized spacial score (nSPS) is 21.4. The molecule has 2 amide bonds. The van der Waals surface area contributed by atoms with Crippen LogP contribution in [0, 0.1) is 5.92 Å². The number of aliphatic hydroxyl groups excluding tert-OH is 1. The SMILES string of the molecule is O=C(NC1CCCC1O)c1nc(-c2ccc3nc(NC(=O)C4CC4)cn3c2)cs1. The Hall–Kier alpha value is -2.78. The maximum absolute atomic E-state index is 12.4. The van der Waals surface area contributed by atoms with Gasteiger partial charge >= 0.3 is 0 Å². The van der Waals surface area contributed by atoms with E-state index in [4.69, 9.17) is 0 Å². The van der Waals surface area contributed by atoms with Crippen LogP contribution in [-0.4, -0.2) is 43.4 Å². The number of thiazole rings is 1. The predicted molar refractivity (Wildman–Crippen MR) is 109 cm³/mol. The van der Waals surface area contributed by atoms with Crippen molar-refractivity contribution in [2.75, 3.05) is 5.32 Å². The quantitative estimate of drug-likeness (QED) is 0.598. The molecule has 8 nitrogen and oxygen atoms in total. The van der Waals surface area contributed by atoms with Gasteiger partial charge in [0.1, 0.15) is 5.65 Å². The molecule has 2 atom stereocenters. The Bertz CT molecular complexity index is 1090. The van der Waals surface area contributed by atoms with Gasteiger partial charge in [-0.3, -0.25) is 9.59 Å². The summed E-state index contributed by atoms with van der Waals surface area (Å²) in [7, 11) is 0. The van der Waals surface area contributed by atoms with E-state index < -0.39 is 6.10 Å². The molecule has 0 spiro atoms. The molecule has 0 aromatic carbocycles. The van der Waals surface area contributed by atoms with Crippen molar-refractivity contribution in [2.45, 2.75) is 44.2 Å². The maximum Gasteiger partial charge on any atom is 0.280 e. The van der Waals surface area contributed by atoms with Gasteiger partial charge in [-0.2, -0.15) is 0 Å². The number of aromatic nitrogens is 3. The minimum absolute atomic E-state index is 0.0242. The monoisotopic (exact) mass is 411 g/mol. The zero-order valence-electron chi connectivity index (χ0n) is 15.7. The van der Waals surface area contributed by atoms with Crippen molar-refractivity contribution in [3.05, 3.63) is 34.9 Å². The summed E-state index contributed by atoms with van der Waals surface area (Å²) in [5, 5.41) is 17.8. The third kappa shape index (κ3) is 3.75. The lowest BCUT2D eigenvalue weighted by molar-refractivity contribution is -0.117. The van der Waals surface area contributed by atoms with Crippen LogP contribution >= 0.6 is 11.3 Å². The molecular weight excluding hydrogens is 390 g/mol. The van der Waals surface area contributed by atoms with E-state index in [1.165, 1.54) is 11.3 Å². The van der Waals surface area contributed by atoms with Crippen LogP contribution in [0.1, 0.15) is 41.9 Å². The maximum atomic E-state index is 12.4. The summed E-state index contributed by atoms with van der Waals surface area (Å²) in [5.74, 6) is 0.435. The average Bonchev–Trinajstić information content (AvgIpc) is 3.10. The fourth-order valence-electron chi connectivity index (χ4n) is 3.63. The number of fused-ring (bicyclic) bond motifs is 1.